The van der Waals surface area contributed by atoms with Crippen molar-refractivity contribution >= 4 is 21.8 Å². The molecule has 2 aliphatic heterocycles. The molecule has 1 aromatic carbocycles. The third kappa shape index (κ3) is 5.14. The fourth-order valence-corrected chi connectivity index (χ4v) is 5.27. The molecule has 2 heterocycles. The van der Waals surface area contributed by atoms with Crippen molar-refractivity contribution in [1.82, 2.24) is 14.5 Å². The van der Waals surface area contributed by atoms with Crippen molar-refractivity contribution in [2.24, 2.45) is 0 Å². The quantitative estimate of drug-likeness (QED) is 0.740. The number of nitriles is 1. The molecule has 3 rings (SSSR count). The topological polar surface area (TPSA) is 111 Å². The molecule has 29 heavy (non-hydrogen) atoms. The third-order valence-corrected chi connectivity index (χ3v) is 6.82. The highest BCUT2D eigenvalue weighted by atomic mass is 32.2. The van der Waals surface area contributed by atoms with Crippen LogP contribution in [0.4, 0.5) is 0 Å². The number of hydrogen-bond acceptors (Lipinski definition) is 5. The van der Waals surface area contributed by atoms with Crippen LogP contribution in [0, 0.1) is 11.3 Å². The Kier molecular flexibility index (Phi) is 6.55. The smallest absolute Gasteiger partial charge is 0.245 e. The number of rotatable bonds is 6. The number of nitrogens with zero attached hydrogens (tertiary/aromatic N) is 3. The molecule has 8 nitrogen and oxygen atoms in total. The van der Waals surface area contributed by atoms with E-state index in [9.17, 15) is 18.0 Å². The van der Waals surface area contributed by atoms with Gasteiger partial charge in [0.15, 0.2) is 0 Å². The number of carbonyl (C=O) groups is 2. The molecule has 1 aromatic rings. The maximum Gasteiger partial charge on any atom is 0.245 e. The highest BCUT2D eigenvalue weighted by Crippen LogP contribution is 2.19. The van der Waals surface area contributed by atoms with E-state index in [1.54, 1.807) is 30.0 Å². The van der Waals surface area contributed by atoms with Gasteiger partial charge >= 0.3 is 0 Å². The molecule has 0 aliphatic carbocycles. The predicted octanol–water partition coefficient (Wildman–Crippen LogP) is 0.980. The molecule has 0 bridgehead atoms. The first kappa shape index (κ1) is 21.3. The molecule has 156 valence electrons. The summed E-state index contributed by atoms with van der Waals surface area (Å²) in [5.74, 6) is -0.749. The third-order valence-electron chi connectivity index (χ3n) is 5.47. The van der Waals surface area contributed by atoms with E-state index in [0.29, 0.717) is 37.2 Å². The van der Waals surface area contributed by atoms with Gasteiger partial charge in [-0.1, -0.05) is 12.1 Å². The number of likely N-dealkylation sites (tertiary alicyclic amines) is 2. The molecule has 2 aliphatic rings. The van der Waals surface area contributed by atoms with Gasteiger partial charge in [0.25, 0.3) is 0 Å². The average molecular weight is 419 g/mol. The lowest BCUT2D eigenvalue weighted by atomic mass is 10.1. The molecule has 2 amide bonds. The van der Waals surface area contributed by atoms with Gasteiger partial charge in [0, 0.05) is 19.6 Å². The molecule has 9 heteroatoms. The van der Waals surface area contributed by atoms with E-state index in [-0.39, 0.29) is 17.6 Å². The lowest BCUT2D eigenvalue weighted by Gasteiger charge is -2.32. The van der Waals surface area contributed by atoms with Crippen LogP contribution >= 0.6 is 0 Å². The number of amides is 2. The van der Waals surface area contributed by atoms with Crippen LogP contribution in [0.2, 0.25) is 0 Å². The SMILES string of the molecule is C[C@@H](C(=O)N1CCCCC1)N1CC[C@H](NS(=O)(=O)Cc2cccc(C#N)c2)C1=O. The summed E-state index contributed by atoms with van der Waals surface area (Å²) in [4.78, 5) is 28.7. The monoisotopic (exact) mass is 418 g/mol. The van der Waals surface area contributed by atoms with E-state index in [0.717, 1.165) is 19.3 Å². The van der Waals surface area contributed by atoms with Crippen molar-refractivity contribution in [1.29, 1.82) is 5.26 Å². The maximum absolute atomic E-state index is 12.7. The summed E-state index contributed by atoms with van der Waals surface area (Å²) in [6.45, 7) is 3.47. The fourth-order valence-electron chi connectivity index (χ4n) is 3.92. The van der Waals surface area contributed by atoms with Gasteiger partial charge in [-0.3, -0.25) is 9.59 Å². The Morgan fingerprint density at radius 3 is 2.69 bits per heavy atom. The number of carbonyl (C=O) groups excluding carboxylic acids is 2. The zero-order valence-corrected chi connectivity index (χ0v) is 17.3. The minimum absolute atomic E-state index is 0.0742. The first-order valence-corrected chi connectivity index (χ1v) is 11.5. The minimum atomic E-state index is -3.77. The van der Waals surface area contributed by atoms with Crippen molar-refractivity contribution in [3.63, 3.8) is 0 Å². The Balaban J connectivity index is 1.61. The standard InChI is InChI=1S/C20H26N4O4S/c1-15(19(25)23-9-3-2-4-10-23)24-11-8-18(20(24)26)22-29(27,28)14-17-7-5-6-16(12-17)13-21/h5-7,12,15,18,22H,2-4,8-11,14H2,1H3/t15-,18-/m0/s1. The van der Waals surface area contributed by atoms with Crippen LogP contribution in [0.25, 0.3) is 0 Å². The lowest BCUT2D eigenvalue weighted by Crippen LogP contribution is -2.51. The summed E-state index contributed by atoms with van der Waals surface area (Å²) >= 11 is 0. The molecular weight excluding hydrogens is 392 g/mol. The highest BCUT2D eigenvalue weighted by molar-refractivity contribution is 7.88. The van der Waals surface area contributed by atoms with Gasteiger partial charge in [-0.2, -0.15) is 5.26 Å². The first-order valence-electron chi connectivity index (χ1n) is 9.89. The Bertz CT molecular complexity index is 919. The maximum atomic E-state index is 12.7. The zero-order valence-electron chi connectivity index (χ0n) is 16.5. The Morgan fingerprint density at radius 2 is 2.00 bits per heavy atom. The Labute approximate surface area is 171 Å². The second kappa shape index (κ2) is 8.93. The number of sulfonamides is 1. The van der Waals surface area contributed by atoms with Crippen LogP contribution in [-0.2, 0) is 25.4 Å². The molecule has 0 saturated carbocycles. The van der Waals surface area contributed by atoms with E-state index >= 15 is 0 Å². The molecular formula is C20H26N4O4S. The van der Waals surface area contributed by atoms with Crippen LogP contribution < -0.4 is 4.72 Å². The normalized spacial score (nSPS) is 21.1. The van der Waals surface area contributed by atoms with E-state index in [1.165, 1.54) is 11.0 Å². The molecule has 0 aromatic heterocycles. The molecule has 1 N–H and O–H groups in total. The highest BCUT2D eigenvalue weighted by Gasteiger charge is 2.39. The summed E-state index contributed by atoms with van der Waals surface area (Å²) in [6, 6.07) is 6.88. The van der Waals surface area contributed by atoms with Crippen LogP contribution in [0.3, 0.4) is 0 Å². The summed E-state index contributed by atoms with van der Waals surface area (Å²) in [6.07, 6.45) is 3.39. The summed E-state index contributed by atoms with van der Waals surface area (Å²) < 4.78 is 27.5. The van der Waals surface area contributed by atoms with Crippen molar-refractivity contribution in [3.8, 4) is 6.07 Å². The number of nitrogens with one attached hydrogen (secondary N) is 1. The van der Waals surface area contributed by atoms with Gasteiger partial charge < -0.3 is 9.80 Å². The molecule has 0 spiro atoms. The van der Waals surface area contributed by atoms with E-state index in [1.807, 2.05) is 6.07 Å². The Morgan fingerprint density at radius 1 is 1.28 bits per heavy atom. The van der Waals surface area contributed by atoms with Crippen LogP contribution in [-0.4, -0.2) is 61.7 Å². The zero-order chi connectivity index (χ0) is 21.0. The van der Waals surface area contributed by atoms with Crippen molar-refractivity contribution in [2.75, 3.05) is 19.6 Å². The fraction of sp³-hybridized carbons (Fsp3) is 0.550. The minimum Gasteiger partial charge on any atom is -0.341 e. The van der Waals surface area contributed by atoms with Crippen LogP contribution in [0.15, 0.2) is 24.3 Å². The van der Waals surface area contributed by atoms with Crippen molar-refractivity contribution in [2.45, 2.75) is 50.4 Å². The average Bonchev–Trinajstić information content (AvgIpc) is 3.06. The second-order valence-electron chi connectivity index (χ2n) is 7.62. The predicted molar refractivity (Wildman–Crippen MR) is 107 cm³/mol. The Hall–Kier alpha value is -2.44. The molecule has 2 fully saturated rings. The van der Waals surface area contributed by atoms with Gasteiger partial charge in [0.1, 0.15) is 12.1 Å². The largest absolute Gasteiger partial charge is 0.341 e. The van der Waals surface area contributed by atoms with Crippen LogP contribution in [0.1, 0.15) is 43.7 Å². The van der Waals surface area contributed by atoms with Gasteiger partial charge in [0.05, 0.1) is 17.4 Å². The molecule has 2 saturated heterocycles. The molecule has 0 unspecified atom stereocenters. The van der Waals surface area contributed by atoms with Gasteiger partial charge in [-0.15, -0.1) is 0 Å². The summed E-state index contributed by atoms with van der Waals surface area (Å²) in [5.41, 5.74) is 0.860. The van der Waals surface area contributed by atoms with Crippen molar-refractivity contribution < 1.29 is 18.0 Å². The van der Waals surface area contributed by atoms with Crippen LogP contribution in [0.5, 0.6) is 0 Å². The van der Waals surface area contributed by atoms with Gasteiger partial charge in [0.2, 0.25) is 21.8 Å². The van der Waals surface area contributed by atoms with E-state index in [4.69, 9.17) is 5.26 Å². The van der Waals surface area contributed by atoms with Gasteiger partial charge in [-0.25, -0.2) is 13.1 Å². The van der Waals surface area contributed by atoms with Crippen molar-refractivity contribution in [3.05, 3.63) is 35.4 Å². The van der Waals surface area contributed by atoms with E-state index in [2.05, 4.69) is 4.72 Å². The second-order valence-corrected chi connectivity index (χ2v) is 9.38. The number of benzene rings is 1. The number of piperidine rings is 1. The van der Waals surface area contributed by atoms with E-state index < -0.39 is 22.1 Å². The van der Waals surface area contributed by atoms with Gasteiger partial charge in [-0.05, 0) is 50.3 Å². The first-order chi connectivity index (χ1) is 13.8. The summed E-state index contributed by atoms with van der Waals surface area (Å²) in [5, 5.41) is 8.95. The molecule has 2 atom stereocenters. The molecule has 0 radical (unpaired) electrons. The number of hydrogen-bond donors (Lipinski definition) is 1. The summed E-state index contributed by atoms with van der Waals surface area (Å²) in [7, 11) is -3.77. The lowest BCUT2D eigenvalue weighted by molar-refractivity contribution is -0.143.